The van der Waals surface area contributed by atoms with E-state index in [-0.39, 0.29) is 30.7 Å². The summed E-state index contributed by atoms with van der Waals surface area (Å²) in [4.78, 5) is 36.8. The number of carbonyl (C=O) groups excluding carboxylic acids is 3. The average Bonchev–Trinajstić information content (AvgIpc) is 2.88. The fourth-order valence-corrected chi connectivity index (χ4v) is 3.42. The molecular weight excluding hydrogens is 472 g/mol. The molecule has 3 aromatic carbocycles. The van der Waals surface area contributed by atoms with Gasteiger partial charge in [0.2, 0.25) is 0 Å². The summed E-state index contributed by atoms with van der Waals surface area (Å²) in [6.45, 7) is 8.00. The van der Waals surface area contributed by atoms with Crippen LogP contribution in [0.25, 0.3) is 0 Å². The molecule has 0 aliphatic heterocycles. The molecule has 1 unspecified atom stereocenters. The highest BCUT2D eigenvalue weighted by molar-refractivity contribution is 5.96. The highest BCUT2D eigenvalue weighted by Gasteiger charge is 2.17. The van der Waals surface area contributed by atoms with Crippen molar-refractivity contribution in [2.24, 2.45) is 0 Å². The van der Waals surface area contributed by atoms with Crippen molar-refractivity contribution in [1.29, 1.82) is 0 Å². The lowest BCUT2D eigenvalue weighted by Gasteiger charge is -2.17. The minimum absolute atomic E-state index is 0.197. The van der Waals surface area contributed by atoms with Crippen molar-refractivity contribution in [3.63, 3.8) is 0 Å². The van der Waals surface area contributed by atoms with Crippen LogP contribution in [0.4, 0.5) is 10.5 Å². The first-order valence-corrected chi connectivity index (χ1v) is 12.1. The quantitative estimate of drug-likeness (QED) is 0.272. The van der Waals surface area contributed by atoms with E-state index in [1.807, 2.05) is 36.4 Å². The van der Waals surface area contributed by atoms with E-state index in [4.69, 9.17) is 14.2 Å². The van der Waals surface area contributed by atoms with Crippen LogP contribution in [0, 0.1) is 0 Å². The molecule has 0 aliphatic carbocycles. The van der Waals surface area contributed by atoms with Crippen molar-refractivity contribution >= 4 is 23.7 Å². The van der Waals surface area contributed by atoms with Crippen molar-refractivity contribution in [2.75, 3.05) is 11.9 Å². The maximum Gasteiger partial charge on any atom is 0.513 e. The van der Waals surface area contributed by atoms with Crippen LogP contribution in [0.1, 0.15) is 55.1 Å². The van der Waals surface area contributed by atoms with Gasteiger partial charge in [0.25, 0.3) is 11.8 Å². The third-order valence-electron chi connectivity index (χ3n) is 5.52. The zero-order valence-corrected chi connectivity index (χ0v) is 21.4. The third-order valence-corrected chi connectivity index (χ3v) is 5.52. The predicted octanol–water partition coefficient (Wildman–Crippen LogP) is 5.68. The Bertz CT molecular complexity index is 1210. The standard InChI is InChI=1S/C29H32N2O6/c1-5-35-29(34)37-25-16-12-22(13-17-25)28(33)30-18-23-8-6-7-9-26(23)31-27(32)20(4)36-24-14-10-21(11-15-24)19(2)3/h6-17,19-20H,5,18H2,1-4H3,(H,30,33)(H,31,32). The Labute approximate surface area is 216 Å². The number of carbonyl (C=O) groups is 3. The molecule has 0 spiro atoms. The number of hydrogen-bond acceptors (Lipinski definition) is 6. The molecule has 2 amide bonds. The Morgan fingerprint density at radius 2 is 1.49 bits per heavy atom. The maximum atomic E-state index is 12.8. The zero-order chi connectivity index (χ0) is 26.8. The number of amides is 2. The normalized spacial score (nSPS) is 11.4. The van der Waals surface area contributed by atoms with Gasteiger partial charge in [0.05, 0.1) is 6.61 Å². The van der Waals surface area contributed by atoms with E-state index in [0.717, 1.165) is 5.56 Å². The summed E-state index contributed by atoms with van der Waals surface area (Å²) in [6.07, 6.45) is -1.52. The van der Waals surface area contributed by atoms with Crippen LogP contribution >= 0.6 is 0 Å². The molecule has 0 aliphatic rings. The topological polar surface area (TPSA) is 103 Å². The second-order valence-corrected chi connectivity index (χ2v) is 8.62. The van der Waals surface area contributed by atoms with Crippen LogP contribution in [0.3, 0.4) is 0 Å². The Morgan fingerprint density at radius 3 is 2.14 bits per heavy atom. The zero-order valence-electron chi connectivity index (χ0n) is 21.4. The SMILES string of the molecule is CCOC(=O)Oc1ccc(C(=O)NCc2ccccc2NC(=O)C(C)Oc2ccc(C(C)C)cc2)cc1. The Hall–Kier alpha value is -4.33. The number of hydrogen-bond donors (Lipinski definition) is 2. The lowest BCUT2D eigenvalue weighted by molar-refractivity contribution is -0.122. The van der Waals surface area contributed by atoms with Crippen molar-refractivity contribution in [3.05, 3.63) is 89.5 Å². The van der Waals surface area contributed by atoms with Crippen molar-refractivity contribution in [2.45, 2.75) is 46.3 Å². The number of benzene rings is 3. The van der Waals surface area contributed by atoms with Crippen LogP contribution in [-0.4, -0.2) is 30.7 Å². The highest BCUT2D eigenvalue weighted by Crippen LogP contribution is 2.21. The highest BCUT2D eigenvalue weighted by atomic mass is 16.7. The predicted molar refractivity (Wildman–Crippen MR) is 141 cm³/mol. The van der Waals surface area contributed by atoms with Gasteiger partial charge in [-0.15, -0.1) is 0 Å². The van der Waals surface area contributed by atoms with Crippen LogP contribution in [-0.2, 0) is 16.1 Å². The van der Waals surface area contributed by atoms with Gasteiger partial charge in [0, 0.05) is 17.8 Å². The van der Waals surface area contributed by atoms with Crippen molar-refractivity contribution in [3.8, 4) is 11.5 Å². The molecule has 3 rings (SSSR count). The first-order valence-electron chi connectivity index (χ1n) is 12.1. The molecule has 0 radical (unpaired) electrons. The molecule has 0 aromatic heterocycles. The molecule has 0 fully saturated rings. The van der Waals surface area contributed by atoms with Crippen LogP contribution in [0.15, 0.2) is 72.8 Å². The smallest absolute Gasteiger partial charge is 0.481 e. The molecule has 0 heterocycles. The van der Waals surface area contributed by atoms with Gasteiger partial charge in [0.1, 0.15) is 11.5 Å². The fraction of sp³-hybridized carbons (Fsp3) is 0.276. The monoisotopic (exact) mass is 504 g/mol. The van der Waals surface area contributed by atoms with Gasteiger partial charge in [-0.25, -0.2) is 4.79 Å². The second-order valence-electron chi connectivity index (χ2n) is 8.62. The molecule has 37 heavy (non-hydrogen) atoms. The summed E-state index contributed by atoms with van der Waals surface area (Å²) < 4.78 is 15.5. The summed E-state index contributed by atoms with van der Waals surface area (Å²) in [5, 5.41) is 5.72. The summed E-state index contributed by atoms with van der Waals surface area (Å²) in [6, 6.07) is 21.0. The second kappa shape index (κ2) is 13.1. The summed E-state index contributed by atoms with van der Waals surface area (Å²) >= 11 is 0. The molecule has 1 atom stereocenters. The summed E-state index contributed by atoms with van der Waals surface area (Å²) in [5.74, 6) is 0.687. The first kappa shape index (κ1) is 27.3. The van der Waals surface area contributed by atoms with Gasteiger partial charge >= 0.3 is 6.16 Å². The molecule has 194 valence electrons. The summed E-state index contributed by atoms with van der Waals surface area (Å²) in [7, 11) is 0. The summed E-state index contributed by atoms with van der Waals surface area (Å²) in [5.41, 5.74) is 2.90. The lowest BCUT2D eigenvalue weighted by Crippen LogP contribution is -2.31. The minimum Gasteiger partial charge on any atom is -0.481 e. The molecule has 2 N–H and O–H groups in total. The number of rotatable bonds is 10. The van der Waals surface area contributed by atoms with E-state index in [1.54, 1.807) is 38.1 Å². The first-order chi connectivity index (χ1) is 17.8. The van der Waals surface area contributed by atoms with E-state index >= 15 is 0 Å². The van der Waals surface area contributed by atoms with E-state index in [1.165, 1.54) is 17.7 Å². The van der Waals surface area contributed by atoms with Crippen LogP contribution < -0.4 is 20.1 Å². The van der Waals surface area contributed by atoms with Gasteiger partial charge in [-0.3, -0.25) is 9.59 Å². The Morgan fingerprint density at radius 1 is 0.838 bits per heavy atom. The van der Waals surface area contributed by atoms with E-state index in [9.17, 15) is 14.4 Å². The van der Waals surface area contributed by atoms with Crippen molar-refractivity contribution in [1.82, 2.24) is 5.32 Å². The average molecular weight is 505 g/mol. The lowest BCUT2D eigenvalue weighted by atomic mass is 10.0. The Balaban J connectivity index is 1.56. The minimum atomic E-state index is -0.804. The number of ether oxygens (including phenoxy) is 3. The molecular formula is C29H32N2O6. The van der Waals surface area contributed by atoms with E-state index < -0.39 is 12.3 Å². The molecule has 3 aromatic rings. The molecule has 0 bridgehead atoms. The number of nitrogens with one attached hydrogen (secondary N) is 2. The molecule has 8 nitrogen and oxygen atoms in total. The molecule has 0 saturated heterocycles. The van der Waals surface area contributed by atoms with Crippen LogP contribution in [0.2, 0.25) is 0 Å². The van der Waals surface area contributed by atoms with Crippen LogP contribution in [0.5, 0.6) is 11.5 Å². The fourth-order valence-electron chi connectivity index (χ4n) is 3.42. The van der Waals surface area contributed by atoms with Gasteiger partial charge < -0.3 is 24.8 Å². The van der Waals surface area contributed by atoms with Gasteiger partial charge in [-0.05, 0) is 73.4 Å². The maximum absolute atomic E-state index is 12.8. The van der Waals surface area contributed by atoms with Gasteiger partial charge in [0.15, 0.2) is 6.10 Å². The third kappa shape index (κ3) is 8.10. The largest absolute Gasteiger partial charge is 0.513 e. The van der Waals surface area contributed by atoms with Gasteiger partial charge in [-0.2, -0.15) is 0 Å². The number of para-hydroxylation sites is 1. The number of anilines is 1. The molecule has 0 saturated carbocycles. The van der Waals surface area contributed by atoms with E-state index in [0.29, 0.717) is 22.9 Å². The van der Waals surface area contributed by atoms with Crippen molar-refractivity contribution < 1.29 is 28.6 Å². The Kier molecular flexibility index (Phi) is 9.66. The van der Waals surface area contributed by atoms with Gasteiger partial charge in [-0.1, -0.05) is 44.2 Å². The van der Waals surface area contributed by atoms with E-state index in [2.05, 4.69) is 24.5 Å². The molecule has 8 heteroatoms.